The first-order valence-corrected chi connectivity index (χ1v) is 7.52. The summed E-state index contributed by atoms with van der Waals surface area (Å²) in [6.45, 7) is 6.81. The van der Waals surface area contributed by atoms with Crippen LogP contribution in [0.1, 0.15) is 64.5 Å². The van der Waals surface area contributed by atoms with Crippen LogP contribution in [-0.4, -0.2) is 6.10 Å². The smallest absolute Gasteiger partial charge is 0.119 e. The molecule has 1 aromatic rings. The average Bonchev–Trinajstić information content (AvgIpc) is 2.41. The fourth-order valence-corrected chi connectivity index (χ4v) is 2.71. The van der Waals surface area contributed by atoms with E-state index in [0.29, 0.717) is 11.5 Å². The van der Waals surface area contributed by atoms with E-state index in [0.717, 1.165) is 12.2 Å². The molecule has 106 valence electrons. The lowest BCUT2D eigenvalue weighted by Crippen LogP contribution is -2.28. The molecule has 0 unspecified atom stereocenters. The van der Waals surface area contributed by atoms with Crippen LogP contribution in [0, 0.1) is 5.41 Å². The van der Waals surface area contributed by atoms with Crippen molar-refractivity contribution in [2.45, 2.75) is 65.0 Å². The summed E-state index contributed by atoms with van der Waals surface area (Å²) in [5.74, 6) is 0.983. The van der Waals surface area contributed by atoms with Gasteiger partial charge in [0.25, 0.3) is 0 Å². The third kappa shape index (κ3) is 3.97. The van der Waals surface area contributed by atoms with Gasteiger partial charge in [0, 0.05) is 6.04 Å². The van der Waals surface area contributed by atoms with Gasteiger partial charge in [0.1, 0.15) is 5.75 Å². The van der Waals surface area contributed by atoms with Gasteiger partial charge in [-0.05, 0) is 55.2 Å². The SMILES string of the molecule is CC[C@H](N)c1ccc(OC2CCC(C)(C)CC2)cc1. The molecule has 0 amide bonds. The lowest BCUT2D eigenvalue weighted by Gasteiger charge is -2.34. The normalized spacial score (nSPS) is 21.1. The lowest BCUT2D eigenvalue weighted by molar-refractivity contribution is 0.0987. The van der Waals surface area contributed by atoms with Gasteiger partial charge in [0.15, 0.2) is 0 Å². The van der Waals surface area contributed by atoms with Crippen molar-refractivity contribution in [3.63, 3.8) is 0 Å². The predicted molar refractivity (Wildman–Crippen MR) is 80.3 cm³/mol. The van der Waals surface area contributed by atoms with Crippen LogP contribution >= 0.6 is 0 Å². The Bertz CT molecular complexity index is 386. The molecule has 1 fully saturated rings. The van der Waals surface area contributed by atoms with E-state index in [9.17, 15) is 0 Å². The highest BCUT2D eigenvalue weighted by molar-refractivity contribution is 5.29. The molecule has 2 heteroatoms. The fourth-order valence-electron chi connectivity index (χ4n) is 2.71. The second-order valence-corrected chi connectivity index (χ2v) is 6.57. The van der Waals surface area contributed by atoms with Crippen LogP contribution in [0.2, 0.25) is 0 Å². The highest BCUT2D eigenvalue weighted by atomic mass is 16.5. The molecule has 0 heterocycles. The Hall–Kier alpha value is -1.02. The van der Waals surface area contributed by atoms with Gasteiger partial charge in [-0.25, -0.2) is 0 Å². The lowest BCUT2D eigenvalue weighted by atomic mass is 9.76. The topological polar surface area (TPSA) is 35.2 Å². The first kappa shape index (κ1) is 14.4. The number of ether oxygens (including phenoxy) is 1. The molecule has 1 aliphatic carbocycles. The molecule has 19 heavy (non-hydrogen) atoms. The highest BCUT2D eigenvalue weighted by Gasteiger charge is 2.27. The molecule has 0 radical (unpaired) electrons. The number of hydrogen-bond donors (Lipinski definition) is 1. The molecule has 0 saturated heterocycles. The molecule has 2 rings (SSSR count). The minimum Gasteiger partial charge on any atom is -0.490 e. The Morgan fingerprint density at radius 3 is 2.32 bits per heavy atom. The van der Waals surface area contributed by atoms with Crippen molar-refractivity contribution >= 4 is 0 Å². The van der Waals surface area contributed by atoms with E-state index in [1.807, 2.05) is 0 Å². The molecule has 1 saturated carbocycles. The first-order valence-electron chi connectivity index (χ1n) is 7.52. The largest absolute Gasteiger partial charge is 0.490 e. The zero-order chi connectivity index (χ0) is 13.9. The van der Waals surface area contributed by atoms with E-state index in [1.54, 1.807) is 0 Å². The molecule has 0 spiro atoms. The summed E-state index contributed by atoms with van der Waals surface area (Å²) in [7, 11) is 0. The number of benzene rings is 1. The second-order valence-electron chi connectivity index (χ2n) is 6.57. The minimum absolute atomic E-state index is 0.143. The summed E-state index contributed by atoms with van der Waals surface area (Å²) in [6, 6.07) is 8.45. The Morgan fingerprint density at radius 1 is 1.21 bits per heavy atom. The van der Waals surface area contributed by atoms with Crippen molar-refractivity contribution in [3.05, 3.63) is 29.8 Å². The zero-order valence-corrected chi connectivity index (χ0v) is 12.5. The standard InChI is InChI=1S/C17H27NO/c1-4-16(18)13-5-7-14(8-6-13)19-15-9-11-17(2,3)12-10-15/h5-8,15-16H,4,9-12,18H2,1-3H3/t16-/m0/s1. The van der Waals surface area contributed by atoms with Crippen LogP contribution < -0.4 is 10.5 Å². The first-order chi connectivity index (χ1) is 9.00. The van der Waals surface area contributed by atoms with Crippen molar-refractivity contribution < 1.29 is 4.74 Å². The Morgan fingerprint density at radius 2 is 1.79 bits per heavy atom. The summed E-state index contributed by atoms with van der Waals surface area (Å²) in [6.07, 6.45) is 6.22. The van der Waals surface area contributed by atoms with Gasteiger partial charge in [0.05, 0.1) is 6.10 Å². The molecule has 0 aromatic heterocycles. The highest BCUT2D eigenvalue weighted by Crippen LogP contribution is 2.36. The maximum Gasteiger partial charge on any atom is 0.119 e. The number of hydrogen-bond acceptors (Lipinski definition) is 2. The van der Waals surface area contributed by atoms with Crippen LogP contribution in [0.3, 0.4) is 0 Å². The molecule has 1 aliphatic rings. The van der Waals surface area contributed by atoms with Gasteiger partial charge in [-0.1, -0.05) is 32.9 Å². The van der Waals surface area contributed by atoms with E-state index in [-0.39, 0.29) is 6.04 Å². The van der Waals surface area contributed by atoms with Crippen molar-refractivity contribution in [1.29, 1.82) is 0 Å². The molecule has 0 aliphatic heterocycles. The van der Waals surface area contributed by atoms with Gasteiger partial charge in [-0.15, -0.1) is 0 Å². The molecule has 2 N–H and O–H groups in total. The molecule has 0 bridgehead atoms. The van der Waals surface area contributed by atoms with E-state index >= 15 is 0 Å². The molecule has 1 atom stereocenters. The zero-order valence-electron chi connectivity index (χ0n) is 12.5. The van der Waals surface area contributed by atoms with Crippen molar-refractivity contribution in [3.8, 4) is 5.75 Å². The molecule has 1 aromatic carbocycles. The van der Waals surface area contributed by atoms with Crippen molar-refractivity contribution in [2.75, 3.05) is 0 Å². The average molecular weight is 261 g/mol. The van der Waals surface area contributed by atoms with Crippen LogP contribution in [0.15, 0.2) is 24.3 Å². The van der Waals surface area contributed by atoms with E-state index in [2.05, 4.69) is 45.0 Å². The van der Waals surface area contributed by atoms with Gasteiger partial charge in [-0.3, -0.25) is 0 Å². The summed E-state index contributed by atoms with van der Waals surface area (Å²) in [4.78, 5) is 0. The number of rotatable bonds is 4. The quantitative estimate of drug-likeness (QED) is 0.869. The van der Waals surface area contributed by atoms with E-state index in [4.69, 9.17) is 10.5 Å². The van der Waals surface area contributed by atoms with Gasteiger partial charge in [-0.2, -0.15) is 0 Å². The van der Waals surface area contributed by atoms with Gasteiger partial charge in [0.2, 0.25) is 0 Å². The van der Waals surface area contributed by atoms with Gasteiger partial charge >= 0.3 is 0 Å². The summed E-state index contributed by atoms with van der Waals surface area (Å²) in [5, 5.41) is 0. The summed E-state index contributed by atoms with van der Waals surface area (Å²) < 4.78 is 6.08. The third-order valence-electron chi connectivity index (χ3n) is 4.34. The maximum absolute atomic E-state index is 6.08. The molecule has 2 nitrogen and oxygen atoms in total. The van der Waals surface area contributed by atoms with Crippen LogP contribution in [0.25, 0.3) is 0 Å². The fraction of sp³-hybridized carbons (Fsp3) is 0.647. The summed E-state index contributed by atoms with van der Waals surface area (Å²) in [5.41, 5.74) is 7.71. The third-order valence-corrected chi connectivity index (χ3v) is 4.34. The minimum atomic E-state index is 0.143. The summed E-state index contributed by atoms with van der Waals surface area (Å²) >= 11 is 0. The second kappa shape index (κ2) is 5.96. The maximum atomic E-state index is 6.08. The van der Waals surface area contributed by atoms with E-state index < -0.39 is 0 Å². The molecular weight excluding hydrogens is 234 g/mol. The van der Waals surface area contributed by atoms with Crippen LogP contribution in [0.5, 0.6) is 5.75 Å². The number of nitrogens with two attached hydrogens (primary N) is 1. The Labute approximate surface area is 117 Å². The van der Waals surface area contributed by atoms with Gasteiger partial charge < -0.3 is 10.5 Å². The van der Waals surface area contributed by atoms with Crippen LogP contribution in [0.4, 0.5) is 0 Å². The predicted octanol–water partition coefficient (Wildman–Crippen LogP) is 4.44. The van der Waals surface area contributed by atoms with Crippen molar-refractivity contribution in [2.24, 2.45) is 11.1 Å². The Balaban J connectivity index is 1.90. The van der Waals surface area contributed by atoms with Crippen LogP contribution in [-0.2, 0) is 0 Å². The van der Waals surface area contributed by atoms with E-state index in [1.165, 1.54) is 31.2 Å². The van der Waals surface area contributed by atoms with Crippen molar-refractivity contribution in [1.82, 2.24) is 0 Å². The molecular formula is C17H27NO. The Kier molecular flexibility index (Phi) is 4.51. The monoisotopic (exact) mass is 261 g/mol.